The maximum atomic E-state index is 12.6. The minimum absolute atomic E-state index is 0.256. The third-order valence-corrected chi connectivity index (χ3v) is 7.23. The molecule has 0 aliphatic carbocycles. The van der Waals surface area contributed by atoms with E-state index in [0.29, 0.717) is 10.9 Å². The number of rotatable bonds is 5. The highest BCUT2D eigenvalue weighted by molar-refractivity contribution is 7.21. The standard InChI is InChI=1S/C22H22N4O2S2/c1-14-8-10-26(11-9-14)12-15-13-29-22(23-15)25-20(27)17-6-7-18(28-17)21-24-16-4-2-3-5-19(16)30-21/h2-7,13-14H,8-12H2,1H3,(H,23,25,27). The zero-order valence-corrected chi connectivity index (χ0v) is 18.3. The monoisotopic (exact) mass is 438 g/mol. The van der Waals surface area contributed by atoms with E-state index in [9.17, 15) is 4.79 Å². The van der Waals surface area contributed by atoms with Crippen LogP contribution in [-0.2, 0) is 6.54 Å². The Balaban J connectivity index is 1.23. The molecule has 30 heavy (non-hydrogen) atoms. The lowest BCUT2D eigenvalue weighted by Crippen LogP contribution is -2.32. The van der Waals surface area contributed by atoms with E-state index in [-0.39, 0.29) is 11.7 Å². The minimum atomic E-state index is -0.296. The molecular weight excluding hydrogens is 416 g/mol. The van der Waals surface area contributed by atoms with Gasteiger partial charge in [-0.25, -0.2) is 9.97 Å². The second kappa shape index (κ2) is 8.29. The molecule has 6 nitrogen and oxygen atoms in total. The van der Waals surface area contributed by atoms with E-state index in [1.54, 1.807) is 23.5 Å². The molecule has 0 bridgehead atoms. The van der Waals surface area contributed by atoms with Crippen LogP contribution >= 0.6 is 22.7 Å². The van der Waals surface area contributed by atoms with Gasteiger partial charge >= 0.3 is 0 Å². The molecule has 4 heterocycles. The number of benzene rings is 1. The Bertz CT molecular complexity index is 1140. The molecule has 1 aliphatic heterocycles. The van der Waals surface area contributed by atoms with E-state index in [2.05, 4.69) is 27.1 Å². The van der Waals surface area contributed by atoms with Crippen LogP contribution in [0.5, 0.6) is 0 Å². The summed E-state index contributed by atoms with van der Waals surface area (Å²) in [5.74, 6) is 1.37. The summed E-state index contributed by atoms with van der Waals surface area (Å²) in [6, 6.07) is 11.4. The topological polar surface area (TPSA) is 71.3 Å². The Kier molecular flexibility index (Phi) is 5.37. The molecule has 5 rings (SSSR count). The van der Waals surface area contributed by atoms with Gasteiger partial charge in [0.2, 0.25) is 0 Å². The van der Waals surface area contributed by atoms with Crippen LogP contribution in [0, 0.1) is 5.92 Å². The molecule has 1 fully saturated rings. The number of para-hydroxylation sites is 1. The lowest BCUT2D eigenvalue weighted by molar-refractivity contribution is 0.0997. The third-order valence-electron chi connectivity index (χ3n) is 5.37. The van der Waals surface area contributed by atoms with Crippen LogP contribution in [0.4, 0.5) is 5.13 Å². The van der Waals surface area contributed by atoms with Gasteiger partial charge in [-0.3, -0.25) is 15.0 Å². The molecule has 154 valence electrons. The van der Waals surface area contributed by atoms with Crippen LogP contribution in [0.2, 0.25) is 0 Å². The number of aromatic nitrogens is 2. The average molecular weight is 439 g/mol. The van der Waals surface area contributed by atoms with Crippen LogP contribution in [-0.4, -0.2) is 33.9 Å². The molecular formula is C22H22N4O2S2. The van der Waals surface area contributed by atoms with Crippen LogP contribution < -0.4 is 5.32 Å². The molecule has 0 radical (unpaired) electrons. The molecule has 0 spiro atoms. The van der Waals surface area contributed by atoms with Crippen molar-refractivity contribution in [2.24, 2.45) is 5.92 Å². The number of piperidine rings is 1. The van der Waals surface area contributed by atoms with Crippen LogP contribution in [0.3, 0.4) is 0 Å². The Hall–Kier alpha value is -2.55. The third kappa shape index (κ3) is 4.16. The highest BCUT2D eigenvalue weighted by Gasteiger charge is 2.19. The van der Waals surface area contributed by atoms with Gasteiger partial charge in [0.1, 0.15) is 0 Å². The zero-order chi connectivity index (χ0) is 20.5. The van der Waals surface area contributed by atoms with Crippen molar-refractivity contribution < 1.29 is 9.21 Å². The summed E-state index contributed by atoms with van der Waals surface area (Å²) in [5, 5.41) is 6.23. The summed E-state index contributed by atoms with van der Waals surface area (Å²) in [5.41, 5.74) is 1.93. The van der Waals surface area contributed by atoms with Crippen LogP contribution in [0.25, 0.3) is 21.0 Å². The highest BCUT2D eigenvalue weighted by Crippen LogP contribution is 2.31. The first kappa shape index (κ1) is 19.4. The second-order valence-electron chi connectivity index (χ2n) is 7.71. The lowest BCUT2D eigenvalue weighted by Gasteiger charge is -2.29. The van der Waals surface area contributed by atoms with Crippen molar-refractivity contribution in [3.05, 3.63) is 53.2 Å². The predicted molar refractivity (Wildman–Crippen MR) is 121 cm³/mol. The van der Waals surface area contributed by atoms with E-state index in [4.69, 9.17) is 4.42 Å². The number of thiazole rings is 2. The number of fused-ring (bicyclic) bond motifs is 1. The fraction of sp³-hybridized carbons (Fsp3) is 0.318. The van der Waals surface area contributed by atoms with Gasteiger partial charge in [0, 0.05) is 11.9 Å². The van der Waals surface area contributed by atoms with Gasteiger partial charge in [0.25, 0.3) is 5.91 Å². The Morgan fingerprint density at radius 2 is 2.03 bits per heavy atom. The molecule has 4 aromatic rings. The number of nitrogens with zero attached hydrogens (tertiary/aromatic N) is 3. The van der Waals surface area contributed by atoms with Gasteiger partial charge in [0.05, 0.1) is 15.9 Å². The fourth-order valence-electron chi connectivity index (χ4n) is 3.60. The Morgan fingerprint density at radius 1 is 1.20 bits per heavy atom. The average Bonchev–Trinajstić information content (AvgIpc) is 3.48. The molecule has 1 aliphatic rings. The van der Waals surface area contributed by atoms with Crippen molar-refractivity contribution in [3.8, 4) is 10.8 Å². The maximum Gasteiger partial charge on any atom is 0.293 e. The molecule has 1 N–H and O–H groups in total. The highest BCUT2D eigenvalue weighted by atomic mass is 32.1. The molecule has 0 saturated carbocycles. The largest absolute Gasteiger partial charge is 0.448 e. The van der Waals surface area contributed by atoms with Crippen molar-refractivity contribution in [1.82, 2.24) is 14.9 Å². The van der Waals surface area contributed by atoms with Crippen molar-refractivity contribution in [2.75, 3.05) is 18.4 Å². The summed E-state index contributed by atoms with van der Waals surface area (Å²) in [7, 11) is 0. The van der Waals surface area contributed by atoms with Gasteiger partial charge in [-0.1, -0.05) is 19.1 Å². The smallest absolute Gasteiger partial charge is 0.293 e. The first-order chi connectivity index (χ1) is 14.6. The van der Waals surface area contributed by atoms with Crippen molar-refractivity contribution >= 4 is 43.9 Å². The number of nitrogens with one attached hydrogen (secondary N) is 1. The van der Waals surface area contributed by atoms with Crippen molar-refractivity contribution in [3.63, 3.8) is 0 Å². The molecule has 1 aromatic carbocycles. The van der Waals surface area contributed by atoms with E-state index >= 15 is 0 Å². The predicted octanol–water partition coefficient (Wildman–Crippen LogP) is 5.50. The number of furan rings is 1. The van der Waals surface area contributed by atoms with E-state index in [1.807, 2.05) is 29.6 Å². The Morgan fingerprint density at radius 3 is 2.87 bits per heavy atom. The van der Waals surface area contributed by atoms with Gasteiger partial charge in [-0.05, 0) is 56.1 Å². The molecule has 3 aromatic heterocycles. The number of anilines is 1. The number of hydrogen-bond donors (Lipinski definition) is 1. The SMILES string of the molecule is CC1CCN(Cc2csc(NC(=O)c3ccc(-c4nc5ccccc5s4)o3)n2)CC1. The molecule has 1 amide bonds. The van der Waals surface area contributed by atoms with Gasteiger partial charge in [-0.15, -0.1) is 22.7 Å². The summed E-state index contributed by atoms with van der Waals surface area (Å²) in [6.45, 7) is 5.37. The number of likely N-dealkylation sites (tertiary alicyclic amines) is 1. The summed E-state index contributed by atoms with van der Waals surface area (Å²) < 4.78 is 6.87. The number of amides is 1. The molecule has 8 heteroatoms. The molecule has 1 saturated heterocycles. The van der Waals surface area contributed by atoms with Crippen molar-refractivity contribution in [1.29, 1.82) is 0 Å². The van der Waals surface area contributed by atoms with Gasteiger partial charge in [-0.2, -0.15) is 0 Å². The Labute approximate surface area is 182 Å². The van der Waals surface area contributed by atoms with Gasteiger partial charge < -0.3 is 4.42 Å². The molecule has 0 unspecified atom stereocenters. The van der Waals surface area contributed by atoms with E-state index in [1.165, 1.54) is 24.2 Å². The first-order valence-electron chi connectivity index (χ1n) is 10.1. The van der Waals surface area contributed by atoms with E-state index < -0.39 is 0 Å². The first-order valence-corrected chi connectivity index (χ1v) is 11.8. The maximum absolute atomic E-state index is 12.6. The number of hydrogen-bond acceptors (Lipinski definition) is 7. The lowest BCUT2D eigenvalue weighted by atomic mass is 9.99. The van der Waals surface area contributed by atoms with Crippen LogP contribution in [0.1, 0.15) is 36.0 Å². The zero-order valence-electron chi connectivity index (χ0n) is 16.6. The molecule has 0 atom stereocenters. The quantitative estimate of drug-likeness (QED) is 0.446. The number of carbonyl (C=O) groups excluding carboxylic acids is 1. The fourth-order valence-corrected chi connectivity index (χ4v) is 5.22. The number of carbonyl (C=O) groups is 1. The normalized spacial score (nSPS) is 15.6. The van der Waals surface area contributed by atoms with Crippen LogP contribution in [0.15, 0.2) is 46.2 Å². The van der Waals surface area contributed by atoms with E-state index in [0.717, 1.165) is 46.5 Å². The summed E-state index contributed by atoms with van der Waals surface area (Å²) in [4.78, 5) is 24.2. The second-order valence-corrected chi connectivity index (χ2v) is 9.60. The summed E-state index contributed by atoms with van der Waals surface area (Å²) >= 11 is 2.99. The minimum Gasteiger partial charge on any atom is -0.448 e. The van der Waals surface area contributed by atoms with Gasteiger partial charge in [0.15, 0.2) is 21.7 Å². The summed E-state index contributed by atoms with van der Waals surface area (Å²) in [6.07, 6.45) is 2.48. The van der Waals surface area contributed by atoms with Crippen molar-refractivity contribution in [2.45, 2.75) is 26.3 Å².